The molecule has 0 spiro atoms. The average Bonchev–Trinajstić information content (AvgIpc) is 3.41. The summed E-state index contributed by atoms with van der Waals surface area (Å²) in [5, 5.41) is 2.96. The minimum atomic E-state index is -2.27. The lowest BCUT2D eigenvalue weighted by Gasteiger charge is -2.36. The quantitative estimate of drug-likeness (QED) is 0.224. The molecule has 2 aliphatic heterocycles. The van der Waals surface area contributed by atoms with Gasteiger partial charge in [-0.05, 0) is 66.2 Å². The molecule has 0 radical (unpaired) electrons. The number of carbonyl (C=O) groups excluding carboxylic acids is 1. The minimum Gasteiger partial charge on any atom is -0.543 e. The predicted molar refractivity (Wildman–Crippen MR) is 184 cm³/mol. The molecule has 0 saturated heterocycles. The summed E-state index contributed by atoms with van der Waals surface area (Å²) in [4.78, 5) is 36.1. The third-order valence-electron chi connectivity index (χ3n) is 9.69. The van der Waals surface area contributed by atoms with Gasteiger partial charge in [-0.3, -0.25) is 9.80 Å². The number of benzene rings is 2. The van der Waals surface area contributed by atoms with Gasteiger partial charge in [0.1, 0.15) is 35.5 Å². The van der Waals surface area contributed by atoms with Crippen LogP contribution in [-0.4, -0.2) is 42.2 Å². The number of nitrogens with zero attached hydrogens (tertiary/aromatic N) is 4. The summed E-state index contributed by atoms with van der Waals surface area (Å²) in [7, 11) is -2.27. The number of hydrogen-bond acceptors (Lipinski definition) is 9. The van der Waals surface area contributed by atoms with Gasteiger partial charge < -0.3 is 19.5 Å². The Morgan fingerprint density at radius 2 is 1.89 bits per heavy atom. The van der Waals surface area contributed by atoms with Gasteiger partial charge in [-0.25, -0.2) is 24.6 Å². The molecule has 4 heterocycles. The van der Waals surface area contributed by atoms with E-state index in [9.17, 15) is 9.59 Å². The highest BCUT2D eigenvalue weighted by molar-refractivity contribution is 6.74. The number of nitrogens with two attached hydrogens (primary N) is 1. The largest absolute Gasteiger partial charge is 0.543 e. The van der Waals surface area contributed by atoms with Crippen molar-refractivity contribution in [3.63, 3.8) is 0 Å². The molecule has 3 N–H and O–H groups in total. The molecule has 0 aliphatic carbocycles. The summed E-state index contributed by atoms with van der Waals surface area (Å²) in [5.41, 5.74) is 12.5. The van der Waals surface area contributed by atoms with Crippen molar-refractivity contribution in [1.29, 1.82) is 0 Å². The van der Waals surface area contributed by atoms with E-state index in [2.05, 4.69) is 49.3 Å². The molecule has 1 amide bonds. The van der Waals surface area contributed by atoms with Crippen LogP contribution in [-0.2, 0) is 4.79 Å². The maximum atomic E-state index is 15.2. The number of aromatic nitrogens is 2. The van der Waals surface area contributed by atoms with Crippen LogP contribution in [0.25, 0.3) is 16.3 Å². The van der Waals surface area contributed by atoms with Crippen LogP contribution in [0.5, 0.6) is 5.75 Å². The standard InChI is InChI=1S/C35H41FN6O4Si/c1-20(31-28(22-12-14-41(15-13-22)21(2)43)26-10-8-9-11-27(26)34(44)45-31)42-33-29(32(37)38-19-39-33)30(40-42)23-16-24(36)18-25(17-23)46-47(6,7)35(3,4)5/h8-12,16-20,30,40H,13-15H2,1-7H3,(H2,37,38,39). The molecular weight excluding hydrogens is 616 g/mol. The third kappa shape index (κ3) is 5.91. The molecule has 4 aromatic rings. The molecule has 6 rings (SSSR count). The summed E-state index contributed by atoms with van der Waals surface area (Å²) in [6, 6.07) is 10.9. The molecule has 0 bridgehead atoms. The number of hydrazine groups is 1. The van der Waals surface area contributed by atoms with E-state index in [-0.39, 0.29) is 16.8 Å². The van der Waals surface area contributed by atoms with Crippen molar-refractivity contribution in [3.05, 3.63) is 93.6 Å². The molecule has 2 aromatic heterocycles. The zero-order valence-corrected chi connectivity index (χ0v) is 28.8. The van der Waals surface area contributed by atoms with E-state index in [1.54, 1.807) is 22.9 Å². The number of carbonyl (C=O) groups is 1. The van der Waals surface area contributed by atoms with Crippen LogP contribution >= 0.6 is 0 Å². The van der Waals surface area contributed by atoms with Crippen molar-refractivity contribution in [1.82, 2.24) is 20.3 Å². The number of nitrogen functional groups attached to an aromatic ring is 1. The van der Waals surface area contributed by atoms with Gasteiger partial charge in [-0.2, -0.15) is 0 Å². The monoisotopic (exact) mass is 656 g/mol. The Balaban J connectivity index is 1.45. The Kier molecular flexibility index (Phi) is 8.21. The normalized spacial score (nSPS) is 17.4. The van der Waals surface area contributed by atoms with Gasteiger partial charge in [0.2, 0.25) is 14.2 Å². The van der Waals surface area contributed by atoms with Crippen molar-refractivity contribution in [3.8, 4) is 5.75 Å². The van der Waals surface area contributed by atoms with Gasteiger partial charge in [-0.1, -0.05) is 45.0 Å². The molecule has 0 saturated carbocycles. The lowest BCUT2D eigenvalue weighted by Crippen LogP contribution is -2.44. The lowest BCUT2D eigenvalue weighted by molar-refractivity contribution is -0.128. The fourth-order valence-corrected chi connectivity index (χ4v) is 7.08. The zero-order valence-electron chi connectivity index (χ0n) is 27.8. The van der Waals surface area contributed by atoms with Crippen LogP contribution in [0.15, 0.2) is 64.1 Å². The van der Waals surface area contributed by atoms with Crippen LogP contribution in [0.1, 0.15) is 75.6 Å². The first kappa shape index (κ1) is 32.4. The first-order valence-electron chi connectivity index (χ1n) is 15.8. The molecule has 12 heteroatoms. The van der Waals surface area contributed by atoms with E-state index in [0.717, 1.165) is 16.5 Å². The number of amides is 1. The number of hydrogen-bond donors (Lipinski definition) is 2. The summed E-state index contributed by atoms with van der Waals surface area (Å²) in [6.45, 7) is 15.1. The van der Waals surface area contributed by atoms with Crippen LogP contribution in [0.2, 0.25) is 18.1 Å². The highest BCUT2D eigenvalue weighted by Crippen LogP contribution is 2.45. The van der Waals surface area contributed by atoms with E-state index in [1.807, 2.05) is 37.3 Å². The molecular formula is C35H41FN6O4Si. The molecule has 2 aliphatic rings. The highest BCUT2D eigenvalue weighted by atomic mass is 28.4. The Bertz CT molecular complexity index is 1970. The van der Waals surface area contributed by atoms with Gasteiger partial charge in [0, 0.05) is 31.6 Å². The maximum Gasteiger partial charge on any atom is 0.343 e. The van der Waals surface area contributed by atoms with Crippen LogP contribution < -0.4 is 26.2 Å². The molecule has 47 heavy (non-hydrogen) atoms. The fourth-order valence-electron chi connectivity index (χ4n) is 6.07. The second-order valence-corrected chi connectivity index (χ2v) is 18.5. The maximum absolute atomic E-state index is 15.2. The van der Waals surface area contributed by atoms with E-state index < -0.39 is 31.8 Å². The van der Waals surface area contributed by atoms with Crippen LogP contribution in [0, 0.1) is 5.82 Å². The topological polar surface area (TPSA) is 127 Å². The lowest BCUT2D eigenvalue weighted by atomic mass is 9.92. The molecule has 2 unspecified atom stereocenters. The van der Waals surface area contributed by atoms with E-state index in [0.29, 0.717) is 53.4 Å². The zero-order chi connectivity index (χ0) is 33.8. The minimum absolute atomic E-state index is 0.00903. The van der Waals surface area contributed by atoms with Gasteiger partial charge in [0.05, 0.1) is 17.0 Å². The van der Waals surface area contributed by atoms with Gasteiger partial charge in [0.15, 0.2) is 5.82 Å². The Morgan fingerprint density at radius 1 is 1.17 bits per heavy atom. The Labute approximate surface area is 274 Å². The van der Waals surface area contributed by atoms with Crippen molar-refractivity contribution in [2.24, 2.45) is 0 Å². The first-order chi connectivity index (χ1) is 22.2. The number of halogens is 1. The smallest absolute Gasteiger partial charge is 0.343 e. The second-order valence-electron chi connectivity index (χ2n) is 13.8. The summed E-state index contributed by atoms with van der Waals surface area (Å²) in [6.07, 6.45) is 4.00. The molecule has 2 atom stereocenters. The molecule has 2 aromatic carbocycles. The summed E-state index contributed by atoms with van der Waals surface area (Å²) >= 11 is 0. The number of anilines is 2. The van der Waals surface area contributed by atoms with Gasteiger partial charge in [-0.15, -0.1) is 0 Å². The number of fused-ring (bicyclic) bond motifs is 2. The molecule has 246 valence electrons. The van der Waals surface area contributed by atoms with Crippen LogP contribution in [0.4, 0.5) is 16.0 Å². The average molecular weight is 657 g/mol. The van der Waals surface area contributed by atoms with E-state index in [4.69, 9.17) is 14.6 Å². The van der Waals surface area contributed by atoms with Gasteiger partial charge in [0.25, 0.3) is 0 Å². The predicted octanol–water partition coefficient (Wildman–Crippen LogP) is 6.50. The van der Waals surface area contributed by atoms with Gasteiger partial charge >= 0.3 is 5.63 Å². The molecule has 0 fully saturated rings. The van der Waals surface area contributed by atoms with E-state index in [1.165, 1.54) is 18.5 Å². The molecule has 10 nitrogen and oxygen atoms in total. The van der Waals surface area contributed by atoms with Crippen molar-refractivity contribution >= 4 is 42.2 Å². The first-order valence-corrected chi connectivity index (χ1v) is 18.7. The summed E-state index contributed by atoms with van der Waals surface area (Å²) in [5.74, 6) is 1.20. The Morgan fingerprint density at radius 3 is 2.55 bits per heavy atom. The van der Waals surface area contributed by atoms with Crippen molar-refractivity contribution in [2.75, 3.05) is 23.8 Å². The Hall–Kier alpha value is -4.55. The van der Waals surface area contributed by atoms with Crippen molar-refractivity contribution in [2.45, 2.75) is 71.3 Å². The second kappa shape index (κ2) is 11.9. The highest BCUT2D eigenvalue weighted by Gasteiger charge is 2.41. The van der Waals surface area contributed by atoms with Crippen molar-refractivity contribution < 1.29 is 18.0 Å². The van der Waals surface area contributed by atoms with Crippen LogP contribution in [0.3, 0.4) is 0 Å². The fraction of sp³-hybridized carbons (Fsp3) is 0.371. The van der Waals surface area contributed by atoms with E-state index >= 15 is 4.39 Å². The SMILES string of the molecule is CC(=O)N1CC=C(c2c(C(C)N3NC(c4cc(F)cc(O[Si](C)(C)C(C)(C)C)c4)c4c(N)ncnc43)oc(=O)c3ccccc23)CC1. The third-order valence-corrected chi connectivity index (χ3v) is 14.1. The number of rotatable bonds is 6. The number of nitrogens with one attached hydrogen (secondary N) is 1. The summed E-state index contributed by atoms with van der Waals surface area (Å²) < 4.78 is 27.8.